The van der Waals surface area contributed by atoms with Gasteiger partial charge >= 0.3 is 0 Å². The van der Waals surface area contributed by atoms with Crippen LogP contribution in [0.25, 0.3) is 0 Å². The number of hydrogen-bond acceptors (Lipinski definition) is 2. The number of nitrogens with one attached hydrogen (secondary N) is 2. The van der Waals surface area contributed by atoms with E-state index in [2.05, 4.69) is 53.4 Å². The van der Waals surface area contributed by atoms with Gasteiger partial charge in [0, 0.05) is 23.9 Å². The van der Waals surface area contributed by atoms with Crippen LogP contribution in [0, 0.1) is 5.92 Å². The second kappa shape index (κ2) is 9.82. The quantitative estimate of drug-likeness (QED) is 0.658. The van der Waals surface area contributed by atoms with E-state index in [0.717, 1.165) is 16.5 Å². The highest BCUT2D eigenvalue weighted by molar-refractivity contribution is 9.10. The van der Waals surface area contributed by atoms with Crippen molar-refractivity contribution in [2.75, 3.05) is 6.54 Å². The van der Waals surface area contributed by atoms with Crippen LogP contribution in [0.15, 0.2) is 28.7 Å². The van der Waals surface area contributed by atoms with Crippen LogP contribution < -0.4 is 10.6 Å². The molecule has 1 rings (SSSR count). The Morgan fingerprint density at radius 3 is 2.46 bits per heavy atom. The fourth-order valence-corrected chi connectivity index (χ4v) is 3.35. The van der Waals surface area contributed by atoms with E-state index in [9.17, 15) is 9.59 Å². The molecule has 0 bridgehead atoms. The highest BCUT2D eigenvalue weighted by Gasteiger charge is 2.29. The number of carbonyl (C=O) groups excluding carboxylic acids is 2. The number of benzene rings is 1. The predicted molar refractivity (Wildman–Crippen MR) is 102 cm³/mol. The zero-order chi connectivity index (χ0) is 18.2. The Bertz CT molecular complexity index is 560. The van der Waals surface area contributed by atoms with Gasteiger partial charge in [0.05, 0.1) is 5.54 Å². The first-order chi connectivity index (χ1) is 11.3. The van der Waals surface area contributed by atoms with Gasteiger partial charge in [0.1, 0.15) is 0 Å². The fraction of sp³-hybridized carbons (Fsp3) is 0.579. The second-order valence-electron chi connectivity index (χ2n) is 6.80. The summed E-state index contributed by atoms with van der Waals surface area (Å²) < 4.78 is 1.00. The monoisotopic (exact) mass is 396 g/mol. The number of rotatable bonds is 9. The van der Waals surface area contributed by atoms with E-state index in [-0.39, 0.29) is 11.8 Å². The molecule has 5 heteroatoms. The van der Waals surface area contributed by atoms with Gasteiger partial charge in [-0.05, 0) is 50.3 Å². The summed E-state index contributed by atoms with van der Waals surface area (Å²) in [5.41, 5.74) is 0.670. The minimum atomic E-state index is -0.416. The van der Waals surface area contributed by atoms with Crippen molar-refractivity contribution >= 4 is 27.7 Å². The summed E-state index contributed by atoms with van der Waals surface area (Å²) in [6.45, 7) is 8.88. The lowest BCUT2D eigenvalue weighted by atomic mass is 9.84. The first kappa shape index (κ1) is 20.7. The summed E-state index contributed by atoms with van der Waals surface area (Å²) in [5.74, 6) is 0.439. The van der Waals surface area contributed by atoms with Crippen molar-refractivity contribution in [1.29, 1.82) is 0 Å². The van der Waals surface area contributed by atoms with E-state index in [1.807, 2.05) is 25.1 Å². The van der Waals surface area contributed by atoms with Gasteiger partial charge in [-0.3, -0.25) is 9.59 Å². The number of hydrogen-bond donors (Lipinski definition) is 2. The molecule has 0 unspecified atom stereocenters. The summed E-state index contributed by atoms with van der Waals surface area (Å²) in [6.07, 6.45) is 2.16. The van der Waals surface area contributed by atoms with Crippen LogP contribution in [0.5, 0.6) is 0 Å². The van der Waals surface area contributed by atoms with Crippen LogP contribution >= 0.6 is 15.9 Å². The fourth-order valence-electron chi connectivity index (χ4n) is 2.95. The van der Waals surface area contributed by atoms with Gasteiger partial charge in [-0.25, -0.2) is 0 Å². The highest BCUT2D eigenvalue weighted by atomic mass is 79.9. The molecule has 0 aliphatic heterocycles. The first-order valence-corrected chi connectivity index (χ1v) is 9.40. The van der Waals surface area contributed by atoms with Gasteiger partial charge in [-0.1, -0.05) is 41.9 Å². The predicted octanol–water partition coefficient (Wildman–Crippen LogP) is 4.13. The van der Waals surface area contributed by atoms with Crippen LogP contribution in [0.3, 0.4) is 0 Å². The molecule has 1 aromatic carbocycles. The Kier molecular flexibility index (Phi) is 8.46. The van der Waals surface area contributed by atoms with Gasteiger partial charge < -0.3 is 10.6 Å². The lowest BCUT2D eigenvalue weighted by Gasteiger charge is -2.33. The molecule has 0 saturated heterocycles. The lowest BCUT2D eigenvalue weighted by molar-refractivity contribution is -0.123. The number of carbonyl (C=O) groups is 2. The average Bonchev–Trinajstić information content (AvgIpc) is 2.46. The third-order valence-corrected chi connectivity index (χ3v) is 4.37. The van der Waals surface area contributed by atoms with Gasteiger partial charge in [0.15, 0.2) is 0 Å². The van der Waals surface area contributed by atoms with Crippen molar-refractivity contribution in [3.63, 3.8) is 0 Å². The molecule has 2 N–H and O–H groups in total. The molecule has 0 saturated carbocycles. The summed E-state index contributed by atoms with van der Waals surface area (Å²) >= 11 is 3.50. The maximum absolute atomic E-state index is 12.4. The SMILES string of the molecule is CCNC(=O)CCCC(=O)N[C@](C)(CC(C)C)c1cccc(Br)c1. The molecule has 24 heavy (non-hydrogen) atoms. The van der Waals surface area contributed by atoms with Crippen molar-refractivity contribution < 1.29 is 9.59 Å². The van der Waals surface area contributed by atoms with Crippen molar-refractivity contribution in [3.05, 3.63) is 34.3 Å². The minimum Gasteiger partial charge on any atom is -0.356 e. The first-order valence-electron chi connectivity index (χ1n) is 8.60. The molecule has 2 amide bonds. The zero-order valence-electron chi connectivity index (χ0n) is 15.1. The molecule has 0 aliphatic carbocycles. The molecule has 1 atom stereocenters. The van der Waals surface area contributed by atoms with E-state index in [1.54, 1.807) is 0 Å². The topological polar surface area (TPSA) is 58.2 Å². The van der Waals surface area contributed by atoms with Gasteiger partial charge in [0.2, 0.25) is 11.8 Å². The highest BCUT2D eigenvalue weighted by Crippen LogP contribution is 2.30. The van der Waals surface area contributed by atoms with Gasteiger partial charge in [-0.2, -0.15) is 0 Å². The van der Waals surface area contributed by atoms with Crippen LogP contribution in [-0.2, 0) is 15.1 Å². The Morgan fingerprint density at radius 2 is 1.88 bits per heavy atom. The molecule has 4 nitrogen and oxygen atoms in total. The molecule has 0 fully saturated rings. The van der Waals surface area contributed by atoms with Gasteiger partial charge in [-0.15, -0.1) is 0 Å². The third kappa shape index (κ3) is 7.04. The largest absolute Gasteiger partial charge is 0.356 e. The molecular weight excluding hydrogens is 368 g/mol. The van der Waals surface area contributed by atoms with E-state index < -0.39 is 5.54 Å². The van der Waals surface area contributed by atoms with Gasteiger partial charge in [0.25, 0.3) is 0 Å². The molecule has 0 radical (unpaired) electrons. The molecule has 0 aliphatic rings. The van der Waals surface area contributed by atoms with Crippen molar-refractivity contribution in [2.45, 2.75) is 58.9 Å². The number of halogens is 1. The van der Waals surface area contributed by atoms with E-state index >= 15 is 0 Å². The Labute approximate surface area is 153 Å². The second-order valence-corrected chi connectivity index (χ2v) is 7.71. The molecule has 1 aromatic rings. The maximum Gasteiger partial charge on any atom is 0.220 e. The van der Waals surface area contributed by atoms with Crippen molar-refractivity contribution in [1.82, 2.24) is 10.6 Å². The molecule has 0 aromatic heterocycles. The molecular formula is C19H29BrN2O2. The Hall–Kier alpha value is -1.36. The molecule has 134 valence electrons. The zero-order valence-corrected chi connectivity index (χ0v) is 16.7. The normalized spacial score (nSPS) is 13.4. The molecule has 0 heterocycles. The van der Waals surface area contributed by atoms with Crippen molar-refractivity contribution in [2.24, 2.45) is 5.92 Å². The van der Waals surface area contributed by atoms with E-state index in [0.29, 0.717) is 31.7 Å². The standard InChI is InChI=1S/C19H29BrN2O2/c1-5-21-17(23)10-7-11-18(24)22-19(4,13-14(2)3)15-8-6-9-16(20)12-15/h6,8-9,12,14H,5,7,10-11,13H2,1-4H3,(H,21,23)(H,22,24)/t19-/m1/s1. The molecule has 0 spiro atoms. The van der Waals surface area contributed by atoms with Crippen LogP contribution in [-0.4, -0.2) is 18.4 Å². The van der Waals surface area contributed by atoms with Crippen LogP contribution in [0.4, 0.5) is 0 Å². The summed E-state index contributed by atoms with van der Waals surface area (Å²) in [4.78, 5) is 23.8. The number of amides is 2. The third-order valence-electron chi connectivity index (χ3n) is 3.88. The van der Waals surface area contributed by atoms with E-state index in [4.69, 9.17) is 0 Å². The summed E-state index contributed by atoms with van der Waals surface area (Å²) in [6, 6.07) is 8.06. The van der Waals surface area contributed by atoms with Crippen molar-refractivity contribution in [3.8, 4) is 0 Å². The average molecular weight is 397 g/mol. The van der Waals surface area contributed by atoms with Crippen LogP contribution in [0.2, 0.25) is 0 Å². The Morgan fingerprint density at radius 1 is 1.21 bits per heavy atom. The smallest absolute Gasteiger partial charge is 0.220 e. The summed E-state index contributed by atoms with van der Waals surface area (Å²) in [5, 5.41) is 5.93. The summed E-state index contributed by atoms with van der Waals surface area (Å²) in [7, 11) is 0. The maximum atomic E-state index is 12.4. The Balaban J connectivity index is 2.72. The lowest BCUT2D eigenvalue weighted by Crippen LogP contribution is -2.44. The minimum absolute atomic E-state index is 0.00207. The van der Waals surface area contributed by atoms with E-state index in [1.165, 1.54) is 0 Å². The van der Waals surface area contributed by atoms with Crippen LogP contribution in [0.1, 0.15) is 58.9 Å².